The van der Waals surface area contributed by atoms with E-state index >= 15 is 0 Å². The number of nitrogens with zero attached hydrogens (tertiary/aromatic N) is 5. The van der Waals surface area contributed by atoms with Crippen LogP contribution in [0.25, 0.3) is 11.4 Å². The molecule has 4 aliphatic carbocycles. The summed E-state index contributed by atoms with van der Waals surface area (Å²) in [7, 11) is 0. The van der Waals surface area contributed by atoms with Gasteiger partial charge in [0.05, 0.1) is 0 Å². The first-order valence-corrected chi connectivity index (χ1v) is 14.3. The van der Waals surface area contributed by atoms with Gasteiger partial charge in [-0.1, -0.05) is 30.3 Å². The van der Waals surface area contributed by atoms with Crippen LogP contribution in [0, 0.1) is 29.6 Å². The van der Waals surface area contributed by atoms with E-state index in [0.717, 1.165) is 49.3 Å². The standard InChI is InChI=1S/C30H33ClN6O/c31-29-33-27(34-30(35-29)37-11-9-36(10-12-37)25-7-2-1-3-8-25)21-5-4-6-24(18-21)32-28(38)26-22-14-19-13-20(16-22)17-23(26)15-19/h1-8,18-20,22-23,26H,9-17H2,(H,32,38). The maximum Gasteiger partial charge on any atom is 0.230 e. The molecule has 8 heteroatoms. The summed E-state index contributed by atoms with van der Waals surface area (Å²) in [4.78, 5) is 31.6. The third kappa shape index (κ3) is 4.62. The van der Waals surface area contributed by atoms with Gasteiger partial charge in [-0.05, 0) is 91.6 Å². The number of benzene rings is 2. The van der Waals surface area contributed by atoms with Crippen molar-refractivity contribution in [3.8, 4) is 11.4 Å². The molecule has 2 heterocycles. The number of piperazine rings is 1. The molecule has 2 aromatic carbocycles. The highest BCUT2D eigenvalue weighted by atomic mass is 35.5. The number of nitrogens with one attached hydrogen (secondary N) is 1. The van der Waals surface area contributed by atoms with Gasteiger partial charge in [0.25, 0.3) is 0 Å². The Bertz CT molecular complexity index is 1300. The maximum atomic E-state index is 13.4. The van der Waals surface area contributed by atoms with E-state index in [-0.39, 0.29) is 17.1 Å². The third-order valence-corrected chi connectivity index (χ3v) is 9.37. The first-order chi connectivity index (χ1) is 18.6. The Morgan fingerprint density at radius 1 is 0.789 bits per heavy atom. The number of rotatable bonds is 5. The van der Waals surface area contributed by atoms with Gasteiger partial charge in [0.15, 0.2) is 5.82 Å². The summed E-state index contributed by atoms with van der Waals surface area (Å²) in [6.45, 7) is 3.37. The second-order valence-electron chi connectivity index (χ2n) is 11.6. The quantitative estimate of drug-likeness (QED) is 0.469. The van der Waals surface area contributed by atoms with Crippen molar-refractivity contribution >= 4 is 34.8 Å². The smallest absolute Gasteiger partial charge is 0.230 e. The molecule has 1 saturated heterocycles. The monoisotopic (exact) mass is 528 g/mol. The molecule has 0 unspecified atom stereocenters. The number of amides is 1. The van der Waals surface area contributed by atoms with Gasteiger partial charge in [0.2, 0.25) is 17.1 Å². The van der Waals surface area contributed by atoms with Crippen molar-refractivity contribution in [3.05, 3.63) is 59.9 Å². The zero-order valence-electron chi connectivity index (χ0n) is 21.5. The van der Waals surface area contributed by atoms with Gasteiger partial charge in [-0.15, -0.1) is 0 Å². The minimum Gasteiger partial charge on any atom is -0.368 e. The molecule has 0 radical (unpaired) electrons. The van der Waals surface area contributed by atoms with Gasteiger partial charge in [0, 0.05) is 49.0 Å². The molecule has 7 nitrogen and oxygen atoms in total. The van der Waals surface area contributed by atoms with E-state index in [4.69, 9.17) is 16.6 Å². The Morgan fingerprint density at radius 2 is 1.47 bits per heavy atom. The van der Waals surface area contributed by atoms with Crippen molar-refractivity contribution in [2.45, 2.75) is 32.1 Å². The Kier molecular flexibility index (Phi) is 6.19. The summed E-state index contributed by atoms with van der Waals surface area (Å²) in [5, 5.41) is 3.41. The van der Waals surface area contributed by atoms with Crippen molar-refractivity contribution in [2.24, 2.45) is 29.6 Å². The van der Waals surface area contributed by atoms with Crippen LogP contribution >= 0.6 is 11.6 Å². The summed E-state index contributed by atoms with van der Waals surface area (Å²) in [5.41, 5.74) is 2.84. The van der Waals surface area contributed by atoms with Crippen LogP contribution in [0.2, 0.25) is 5.28 Å². The Hall–Kier alpha value is -3.19. The molecule has 196 valence electrons. The first-order valence-electron chi connectivity index (χ1n) is 14.0. The lowest BCUT2D eigenvalue weighted by molar-refractivity contribution is -0.132. The van der Waals surface area contributed by atoms with Crippen molar-refractivity contribution < 1.29 is 4.79 Å². The van der Waals surface area contributed by atoms with E-state index in [1.54, 1.807) is 0 Å². The van der Waals surface area contributed by atoms with Crippen LogP contribution in [0.5, 0.6) is 0 Å². The van der Waals surface area contributed by atoms with Crippen LogP contribution in [-0.4, -0.2) is 47.0 Å². The van der Waals surface area contributed by atoms with Gasteiger partial charge >= 0.3 is 0 Å². The van der Waals surface area contributed by atoms with Crippen molar-refractivity contribution in [2.75, 3.05) is 41.3 Å². The summed E-state index contributed by atoms with van der Waals surface area (Å²) < 4.78 is 0. The summed E-state index contributed by atoms with van der Waals surface area (Å²) >= 11 is 6.37. The predicted octanol–water partition coefficient (Wildman–Crippen LogP) is 5.53. The molecular formula is C30H33ClN6O. The Balaban J connectivity index is 1.06. The van der Waals surface area contributed by atoms with Crippen LogP contribution in [0.4, 0.5) is 17.3 Å². The van der Waals surface area contributed by atoms with Crippen LogP contribution in [0.3, 0.4) is 0 Å². The van der Waals surface area contributed by atoms with Crippen LogP contribution in [-0.2, 0) is 4.79 Å². The molecule has 0 spiro atoms. The number of aromatic nitrogens is 3. The molecular weight excluding hydrogens is 496 g/mol. The van der Waals surface area contributed by atoms with Gasteiger partial charge < -0.3 is 15.1 Å². The number of para-hydroxylation sites is 1. The highest BCUT2D eigenvalue weighted by Gasteiger charge is 2.50. The average molecular weight is 529 g/mol. The number of halogens is 1. The summed E-state index contributed by atoms with van der Waals surface area (Å²) in [5.74, 6) is 4.28. The number of anilines is 3. The van der Waals surface area contributed by atoms with E-state index in [1.807, 2.05) is 30.3 Å². The topological polar surface area (TPSA) is 74.2 Å². The molecule has 1 aliphatic heterocycles. The fourth-order valence-electron chi connectivity index (χ4n) is 7.73. The SMILES string of the molecule is O=C(Nc1cccc(-c2nc(Cl)nc(N3CCN(c4ccccc4)CC3)n2)c1)C1C2CC3CC(C2)CC1C3. The molecule has 1 amide bonds. The highest BCUT2D eigenvalue weighted by molar-refractivity contribution is 6.28. The molecule has 5 fully saturated rings. The maximum absolute atomic E-state index is 13.4. The molecule has 5 aliphatic rings. The van der Waals surface area contributed by atoms with E-state index in [2.05, 4.69) is 49.4 Å². The molecule has 1 N–H and O–H groups in total. The third-order valence-electron chi connectivity index (χ3n) is 9.20. The molecule has 3 aromatic rings. The summed E-state index contributed by atoms with van der Waals surface area (Å²) in [6.07, 6.45) is 6.32. The zero-order valence-corrected chi connectivity index (χ0v) is 22.2. The highest BCUT2D eigenvalue weighted by Crippen LogP contribution is 2.56. The molecule has 1 aromatic heterocycles. The zero-order chi connectivity index (χ0) is 25.6. The van der Waals surface area contributed by atoms with Gasteiger partial charge in [-0.2, -0.15) is 15.0 Å². The normalized spacial score (nSPS) is 28.0. The molecule has 4 bridgehead atoms. The van der Waals surface area contributed by atoms with Crippen molar-refractivity contribution in [3.63, 3.8) is 0 Å². The predicted molar refractivity (Wildman–Crippen MR) is 150 cm³/mol. The largest absolute Gasteiger partial charge is 0.368 e. The van der Waals surface area contributed by atoms with Crippen molar-refractivity contribution in [1.29, 1.82) is 0 Å². The van der Waals surface area contributed by atoms with E-state index < -0.39 is 0 Å². The molecule has 38 heavy (non-hydrogen) atoms. The fraction of sp³-hybridized carbons (Fsp3) is 0.467. The molecule has 8 rings (SSSR count). The first kappa shape index (κ1) is 23.9. The molecule has 0 atom stereocenters. The second kappa shape index (κ2) is 9.84. The van der Waals surface area contributed by atoms with Crippen LogP contribution < -0.4 is 15.1 Å². The Labute approximate surface area is 228 Å². The summed E-state index contributed by atoms with van der Waals surface area (Å²) in [6, 6.07) is 18.3. The second-order valence-corrected chi connectivity index (χ2v) is 11.9. The lowest BCUT2D eigenvalue weighted by atomic mass is 9.51. The lowest BCUT2D eigenvalue weighted by Gasteiger charge is -2.53. The number of carbonyl (C=O) groups is 1. The average Bonchev–Trinajstić information content (AvgIpc) is 2.93. The molecule has 4 saturated carbocycles. The van der Waals surface area contributed by atoms with E-state index in [1.165, 1.54) is 37.8 Å². The van der Waals surface area contributed by atoms with Crippen molar-refractivity contribution in [1.82, 2.24) is 15.0 Å². The Morgan fingerprint density at radius 3 is 2.18 bits per heavy atom. The lowest BCUT2D eigenvalue weighted by Crippen LogP contribution is -2.49. The number of hydrogen-bond donors (Lipinski definition) is 1. The van der Waals surface area contributed by atoms with E-state index in [0.29, 0.717) is 23.6 Å². The van der Waals surface area contributed by atoms with Crippen LogP contribution in [0.15, 0.2) is 54.6 Å². The van der Waals surface area contributed by atoms with Gasteiger partial charge in [0.1, 0.15) is 0 Å². The fourth-order valence-corrected chi connectivity index (χ4v) is 7.88. The van der Waals surface area contributed by atoms with Crippen LogP contribution in [0.1, 0.15) is 32.1 Å². The van der Waals surface area contributed by atoms with Gasteiger partial charge in [-0.25, -0.2) is 0 Å². The number of carbonyl (C=O) groups excluding carboxylic acids is 1. The van der Waals surface area contributed by atoms with E-state index in [9.17, 15) is 4.79 Å². The minimum atomic E-state index is 0.152. The van der Waals surface area contributed by atoms with Gasteiger partial charge in [-0.3, -0.25) is 4.79 Å². The number of hydrogen-bond acceptors (Lipinski definition) is 6. The minimum absolute atomic E-state index is 0.152.